The lowest BCUT2D eigenvalue weighted by Gasteiger charge is -2.09. The quantitative estimate of drug-likeness (QED) is 0.468. The Kier molecular flexibility index (Phi) is 6.31. The molecule has 0 saturated heterocycles. The molecule has 0 fully saturated rings. The lowest BCUT2D eigenvalue weighted by Crippen LogP contribution is -2.05. The molecule has 0 spiro atoms. The number of anilines is 1. The van der Waals surface area contributed by atoms with Gasteiger partial charge >= 0.3 is 5.97 Å². The summed E-state index contributed by atoms with van der Waals surface area (Å²) in [6.45, 7) is 7.84. The van der Waals surface area contributed by atoms with E-state index >= 15 is 0 Å². The number of benzene rings is 1. The van der Waals surface area contributed by atoms with Gasteiger partial charge in [0, 0.05) is 0 Å². The number of thiazole rings is 1. The number of hydrazone groups is 1. The summed E-state index contributed by atoms with van der Waals surface area (Å²) in [5, 5.41) is 4.70. The SMILES string of the molecule is CCOC(=O)c1sc(N/N=C/c2cccc(OC(C)C)c2)nc1C. The van der Waals surface area contributed by atoms with E-state index in [0.29, 0.717) is 22.3 Å². The Morgan fingerprint density at radius 1 is 1.46 bits per heavy atom. The average molecular weight is 347 g/mol. The molecule has 0 amide bonds. The van der Waals surface area contributed by atoms with Crippen LogP contribution in [0.3, 0.4) is 0 Å². The predicted molar refractivity (Wildman–Crippen MR) is 96.2 cm³/mol. The fourth-order valence-electron chi connectivity index (χ4n) is 1.93. The minimum atomic E-state index is -0.358. The molecule has 1 aromatic heterocycles. The van der Waals surface area contributed by atoms with Gasteiger partial charge in [-0.05, 0) is 45.4 Å². The standard InChI is InChI=1S/C17H21N3O3S/c1-5-22-16(21)15-12(4)19-17(24-15)20-18-10-13-7-6-8-14(9-13)23-11(2)3/h6-11H,5H2,1-4H3,(H,19,20)/b18-10+. The molecule has 0 unspecified atom stereocenters. The molecule has 7 heteroatoms. The predicted octanol–water partition coefficient (Wildman–Crippen LogP) is 3.86. The van der Waals surface area contributed by atoms with Crippen LogP contribution in [0.25, 0.3) is 0 Å². The number of ether oxygens (including phenoxy) is 2. The molecule has 2 rings (SSSR count). The number of esters is 1. The van der Waals surface area contributed by atoms with E-state index in [1.807, 2.05) is 38.1 Å². The first-order chi connectivity index (χ1) is 11.5. The van der Waals surface area contributed by atoms with Gasteiger partial charge in [0.05, 0.1) is 24.6 Å². The van der Waals surface area contributed by atoms with Crippen LogP contribution in [0.2, 0.25) is 0 Å². The highest BCUT2D eigenvalue weighted by molar-refractivity contribution is 7.17. The second kappa shape index (κ2) is 8.44. The lowest BCUT2D eigenvalue weighted by atomic mass is 10.2. The zero-order chi connectivity index (χ0) is 17.5. The number of nitrogens with one attached hydrogen (secondary N) is 1. The minimum Gasteiger partial charge on any atom is -0.491 e. The van der Waals surface area contributed by atoms with Crippen LogP contribution in [0.1, 0.15) is 41.7 Å². The molecule has 0 aliphatic heterocycles. The Morgan fingerprint density at radius 2 is 2.25 bits per heavy atom. The van der Waals surface area contributed by atoms with Gasteiger partial charge in [0.25, 0.3) is 0 Å². The molecule has 0 saturated carbocycles. The molecular weight excluding hydrogens is 326 g/mol. The van der Waals surface area contributed by atoms with E-state index in [1.165, 1.54) is 11.3 Å². The molecule has 0 aliphatic carbocycles. The van der Waals surface area contributed by atoms with Gasteiger partial charge < -0.3 is 9.47 Å². The van der Waals surface area contributed by atoms with Gasteiger partial charge in [0.1, 0.15) is 10.6 Å². The first-order valence-electron chi connectivity index (χ1n) is 7.70. The number of hydrogen-bond donors (Lipinski definition) is 1. The van der Waals surface area contributed by atoms with Crippen molar-refractivity contribution in [2.75, 3.05) is 12.0 Å². The van der Waals surface area contributed by atoms with Crippen molar-refractivity contribution < 1.29 is 14.3 Å². The Bertz CT molecular complexity index is 726. The normalized spacial score (nSPS) is 11.0. The van der Waals surface area contributed by atoms with E-state index in [9.17, 15) is 4.79 Å². The van der Waals surface area contributed by atoms with Crippen molar-refractivity contribution in [3.63, 3.8) is 0 Å². The van der Waals surface area contributed by atoms with E-state index in [0.717, 1.165) is 11.3 Å². The van der Waals surface area contributed by atoms with Gasteiger partial charge in [-0.2, -0.15) is 5.10 Å². The van der Waals surface area contributed by atoms with Crippen molar-refractivity contribution >= 4 is 28.7 Å². The number of aromatic nitrogens is 1. The fraction of sp³-hybridized carbons (Fsp3) is 0.353. The maximum atomic E-state index is 11.8. The highest BCUT2D eigenvalue weighted by Gasteiger charge is 2.15. The maximum Gasteiger partial charge on any atom is 0.350 e. The van der Waals surface area contributed by atoms with Gasteiger partial charge in [-0.3, -0.25) is 5.43 Å². The van der Waals surface area contributed by atoms with Gasteiger partial charge in [0.2, 0.25) is 5.13 Å². The third-order valence-electron chi connectivity index (χ3n) is 2.86. The molecule has 6 nitrogen and oxygen atoms in total. The van der Waals surface area contributed by atoms with Gasteiger partial charge in [-0.1, -0.05) is 23.5 Å². The Balaban J connectivity index is 2.02. The van der Waals surface area contributed by atoms with Crippen molar-refractivity contribution in [3.05, 3.63) is 40.4 Å². The molecule has 1 N–H and O–H groups in total. The number of aryl methyl sites for hydroxylation is 1. The Morgan fingerprint density at radius 3 is 2.96 bits per heavy atom. The van der Waals surface area contributed by atoms with Crippen molar-refractivity contribution in [3.8, 4) is 5.75 Å². The summed E-state index contributed by atoms with van der Waals surface area (Å²) in [7, 11) is 0. The molecule has 1 aromatic carbocycles. The summed E-state index contributed by atoms with van der Waals surface area (Å²) in [5.74, 6) is 0.437. The summed E-state index contributed by atoms with van der Waals surface area (Å²) in [6, 6.07) is 7.64. The summed E-state index contributed by atoms with van der Waals surface area (Å²) >= 11 is 1.22. The van der Waals surface area contributed by atoms with Crippen molar-refractivity contribution in [2.24, 2.45) is 5.10 Å². The van der Waals surface area contributed by atoms with Gasteiger partial charge in [-0.25, -0.2) is 9.78 Å². The number of hydrogen-bond acceptors (Lipinski definition) is 7. The summed E-state index contributed by atoms with van der Waals surface area (Å²) in [5.41, 5.74) is 4.37. The van der Waals surface area contributed by atoms with Crippen LogP contribution in [0.4, 0.5) is 5.13 Å². The summed E-state index contributed by atoms with van der Waals surface area (Å²) in [4.78, 5) is 16.5. The van der Waals surface area contributed by atoms with Crippen molar-refractivity contribution in [1.29, 1.82) is 0 Å². The highest BCUT2D eigenvalue weighted by Crippen LogP contribution is 2.23. The van der Waals surface area contributed by atoms with Crippen LogP contribution in [0.5, 0.6) is 5.75 Å². The van der Waals surface area contributed by atoms with Crippen LogP contribution < -0.4 is 10.2 Å². The zero-order valence-corrected chi connectivity index (χ0v) is 15.0. The second-order valence-electron chi connectivity index (χ2n) is 5.26. The third kappa shape index (κ3) is 5.06. The van der Waals surface area contributed by atoms with Gasteiger partial charge in [-0.15, -0.1) is 0 Å². The average Bonchev–Trinajstić information content (AvgIpc) is 2.88. The van der Waals surface area contributed by atoms with Crippen molar-refractivity contribution in [1.82, 2.24) is 4.98 Å². The summed E-state index contributed by atoms with van der Waals surface area (Å²) in [6.07, 6.45) is 1.79. The molecule has 0 bridgehead atoms. The fourth-order valence-corrected chi connectivity index (χ4v) is 2.74. The van der Waals surface area contributed by atoms with Crippen LogP contribution in [0, 0.1) is 6.92 Å². The largest absolute Gasteiger partial charge is 0.491 e. The van der Waals surface area contributed by atoms with Gasteiger partial charge in [0.15, 0.2) is 0 Å². The third-order valence-corrected chi connectivity index (χ3v) is 3.90. The molecule has 1 heterocycles. The van der Waals surface area contributed by atoms with E-state index in [2.05, 4.69) is 15.5 Å². The molecule has 0 radical (unpaired) electrons. The van der Waals surface area contributed by atoms with E-state index in [1.54, 1.807) is 20.1 Å². The first-order valence-corrected chi connectivity index (χ1v) is 8.51. The number of carbonyl (C=O) groups excluding carboxylic acids is 1. The zero-order valence-electron chi connectivity index (χ0n) is 14.2. The Hall–Kier alpha value is -2.41. The molecule has 2 aromatic rings. The lowest BCUT2D eigenvalue weighted by molar-refractivity contribution is 0.0531. The Labute approximate surface area is 145 Å². The van der Waals surface area contributed by atoms with E-state index in [4.69, 9.17) is 9.47 Å². The highest BCUT2D eigenvalue weighted by atomic mass is 32.1. The molecule has 24 heavy (non-hydrogen) atoms. The monoisotopic (exact) mass is 347 g/mol. The first kappa shape index (κ1) is 17.9. The molecule has 128 valence electrons. The molecule has 0 atom stereocenters. The molecule has 0 aliphatic rings. The number of rotatable bonds is 7. The minimum absolute atomic E-state index is 0.120. The second-order valence-corrected chi connectivity index (χ2v) is 6.26. The topological polar surface area (TPSA) is 72.8 Å². The van der Waals surface area contributed by atoms with E-state index in [-0.39, 0.29) is 12.1 Å². The smallest absolute Gasteiger partial charge is 0.350 e. The maximum absolute atomic E-state index is 11.8. The van der Waals surface area contributed by atoms with Crippen LogP contribution in [0.15, 0.2) is 29.4 Å². The van der Waals surface area contributed by atoms with Crippen LogP contribution in [-0.2, 0) is 4.74 Å². The molecular formula is C17H21N3O3S. The number of carbonyl (C=O) groups is 1. The van der Waals surface area contributed by atoms with Crippen LogP contribution in [-0.4, -0.2) is 29.9 Å². The van der Waals surface area contributed by atoms with Crippen LogP contribution >= 0.6 is 11.3 Å². The number of nitrogens with zero attached hydrogens (tertiary/aromatic N) is 2. The van der Waals surface area contributed by atoms with E-state index < -0.39 is 0 Å². The summed E-state index contributed by atoms with van der Waals surface area (Å²) < 4.78 is 10.6. The van der Waals surface area contributed by atoms with Crippen molar-refractivity contribution in [2.45, 2.75) is 33.8 Å².